The van der Waals surface area contributed by atoms with Crippen molar-refractivity contribution in [3.8, 4) is 0 Å². The topological polar surface area (TPSA) is 183 Å². The maximum atomic E-state index is 13.3. The number of carbonyl (C=O) groups excluding carboxylic acids is 2. The molecule has 3 atom stereocenters. The molecule has 0 fully saturated rings. The van der Waals surface area contributed by atoms with E-state index in [2.05, 4.69) is 20.8 Å². The van der Waals surface area contributed by atoms with Gasteiger partial charge in [-0.2, -0.15) is 0 Å². The molecule has 13 nitrogen and oxygen atoms in total. The molecule has 0 radical (unpaired) electrons. The van der Waals surface area contributed by atoms with E-state index in [0.717, 1.165) is 5.56 Å². The largest absolute Gasteiger partial charge is 0.465 e. The number of ether oxygens (including phenoxy) is 1. The predicted molar refractivity (Wildman–Crippen MR) is 142 cm³/mol. The third-order valence-electron chi connectivity index (χ3n) is 5.84. The monoisotopic (exact) mass is 545 g/mol. The second kappa shape index (κ2) is 14.1. The van der Waals surface area contributed by atoms with Crippen molar-refractivity contribution in [2.75, 3.05) is 13.7 Å². The molecule has 0 heterocycles. The van der Waals surface area contributed by atoms with Crippen LogP contribution < -0.4 is 16.1 Å². The Balaban J connectivity index is 2.32. The Kier molecular flexibility index (Phi) is 11.2. The fraction of sp³-hybridized carbons (Fsp3) is 0.423. The number of rotatable bonds is 12. The van der Waals surface area contributed by atoms with Gasteiger partial charge in [0, 0.05) is 25.2 Å². The number of hydrogen-bond acceptors (Lipinski definition) is 8. The summed E-state index contributed by atoms with van der Waals surface area (Å²) in [5, 5.41) is 37.7. The number of nitro groups is 1. The van der Waals surface area contributed by atoms with Crippen LogP contribution in [0, 0.1) is 15.5 Å². The Hall–Kier alpha value is -4.23. The van der Waals surface area contributed by atoms with Gasteiger partial charge in [0.25, 0.3) is 11.6 Å². The van der Waals surface area contributed by atoms with Gasteiger partial charge in [0.2, 0.25) is 0 Å². The second-order valence-electron chi connectivity index (χ2n) is 10.0. The Labute approximate surface area is 226 Å². The second-order valence-corrected chi connectivity index (χ2v) is 10.0. The van der Waals surface area contributed by atoms with Crippen molar-refractivity contribution >= 4 is 23.8 Å². The van der Waals surface area contributed by atoms with Crippen LogP contribution in [0.15, 0.2) is 54.6 Å². The quantitative estimate of drug-likeness (QED) is 0.197. The minimum atomic E-state index is -1.32. The van der Waals surface area contributed by atoms with Crippen LogP contribution in [0.3, 0.4) is 0 Å². The Morgan fingerprint density at radius 1 is 1.03 bits per heavy atom. The summed E-state index contributed by atoms with van der Waals surface area (Å²) in [7, 11) is 1.17. The molecule has 2 rings (SSSR count). The number of nitro benzene ring substituents is 1. The van der Waals surface area contributed by atoms with Gasteiger partial charge in [-0.05, 0) is 23.0 Å². The summed E-state index contributed by atoms with van der Waals surface area (Å²) in [5.41, 5.74) is 3.22. The standard InChI is InChI=1S/C26H35N5O8/c1-26(2,3)22(28-25(36)39-4)23(33)29-30(15-18-10-12-19(13-11-18)31(37)38)16-21(32)20(27-24(34)35)14-17-8-6-5-7-9-17/h5-13,20-22,27,32H,14-16H2,1-4H3,(H,28,36)(H,29,33)(H,34,35)/t20-,21-,22+/m0/s1. The van der Waals surface area contributed by atoms with E-state index < -0.39 is 46.6 Å². The van der Waals surface area contributed by atoms with Crippen LogP contribution in [0.1, 0.15) is 31.9 Å². The van der Waals surface area contributed by atoms with E-state index in [0.29, 0.717) is 5.56 Å². The molecule has 2 aromatic rings. The molecule has 5 N–H and O–H groups in total. The number of alkyl carbamates (subject to hydrolysis) is 1. The van der Waals surface area contributed by atoms with Gasteiger partial charge in [-0.25, -0.2) is 14.6 Å². The normalized spacial score (nSPS) is 13.6. The molecular formula is C26H35N5O8. The summed E-state index contributed by atoms with van der Waals surface area (Å²) in [6.07, 6.45) is -3.22. The van der Waals surface area contributed by atoms with E-state index in [1.54, 1.807) is 45.0 Å². The molecule has 0 aliphatic rings. The van der Waals surface area contributed by atoms with Gasteiger partial charge >= 0.3 is 12.2 Å². The fourth-order valence-corrected chi connectivity index (χ4v) is 3.83. The van der Waals surface area contributed by atoms with Crippen molar-refractivity contribution in [3.63, 3.8) is 0 Å². The number of aliphatic hydroxyl groups is 1. The van der Waals surface area contributed by atoms with E-state index >= 15 is 0 Å². The molecule has 0 aliphatic heterocycles. The van der Waals surface area contributed by atoms with E-state index in [1.807, 2.05) is 6.07 Å². The highest BCUT2D eigenvalue weighted by Crippen LogP contribution is 2.20. The average molecular weight is 546 g/mol. The van der Waals surface area contributed by atoms with Gasteiger partial charge < -0.3 is 25.6 Å². The summed E-state index contributed by atoms with van der Waals surface area (Å²) >= 11 is 0. The molecule has 0 bridgehead atoms. The molecule has 0 aliphatic carbocycles. The summed E-state index contributed by atoms with van der Waals surface area (Å²) in [4.78, 5) is 47.1. The van der Waals surface area contributed by atoms with Gasteiger partial charge in [0.1, 0.15) is 6.04 Å². The molecule has 0 aromatic heterocycles. The van der Waals surface area contributed by atoms with Crippen molar-refractivity contribution in [2.24, 2.45) is 5.41 Å². The Morgan fingerprint density at radius 3 is 2.15 bits per heavy atom. The third kappa shape index (κ3) is 10.2. The molecular weight excluding hydrogens is 510 g/mol. The highest BCUT2D eigenvalue weighted by atomic mass is 16.6. The SMILES string of the molecule is COC(=O)N[C@H](C(=O)NN(Cc1ccc([N+](=O)[O-])cc1)C[C@H](O)[C@H](Cc1ccccc1)NC(=O)O)C(C)(C)C. The van der Waals surface area contributed by atoms with Crippen LogP contribution in [0.4, 0.5) is 15.3 Å². The van der Waals surface area contributed by atoms with Gasteiger partial charge in [-0.15, -0.1) is 0 Å². The minimum absolute atomic E-state index is 0.0149. The number of benzene rings is 2. The lowest BCUT2D eigenvalue weighted by molar-refractivity contribution is -0.384. The van der Waals surface area contributed by atoms with Crippen LogP contribution >= 0.6 is 0 Å². The van der Waals surface area contributed by atoms with Crippen LogP contribution in [0.2, 0.25) is 0 Å². The number of amides is 3. The van der Waals surface area contributed by atoms with E-state index in [1.165, 1.54) is 36.4 Å². The highest BCUT2D eigenvalue weighted by molar-refractivity contribution is 5.86. The van der Waals surface area contributed by atoms with Crippen molar-refractivity contribution in [1.82, 2.24) is 21.1 Å². The smallest absolute Gasteiger partial charge is 0.407 e. The fourth-order valence-electron chi connectivity index (χ4n) is 3.83. The van der Waals surface area contributed by atoms with E-state index in [-0.39, 0.29) is 25.2 Å². The molecule has 13 heteroatoms. The Bertz CT molecular complexity index is 1120. The average Bonchev–Trinajstić information content (AvgIpc) is 2.86. The molecule has 39 heavy (non-hydrogen) atoms. The first-order valence-electron chi connectivity index (χ1n) is 12.1. The summed E-state index contributed by atoms with van der Waals surface area (Å²) in [6.45, 7) is 5.04. The van der Waals surface area contributed by atoms with Gasteiger partial charge in [0.15, 0.2) is 0 Å². The van der Waals surface area contributed by atoms with E-state index in [4.69, 9.17) is 0 Å². The molecule has 212 valence electrons. The third-order valence-corrected chi connectivity index (χ3v) is 5.84. The zero-order valence-electron chi connectivity index (χ0n) is 22.3. The lowest BCUT2D eigenvalue weighted by Gasteiger charge is -2.34. The number of hydrogen-bond donors (Lipinski definition) is 5. The number of non-ortho nitro benzene ring substituents is 1. The first-order chi connectivity index (χ1) is 18.3. The number of hydrazine groups is 1. The zero-order valence-corrected chi connectivity index (χ0v) is 22.3. The lowest BCUT2D eigenvalue weighted by atomic mass is 9.86. The van der Waals surface area contributed by atoms with E-state index in [9.17, 15) is 34.7 Å². The van der Waals surface area contributed by atoms with Crippen molar-refractivity contribution in [1.29, 1.82) is 0 Å². The zero-order chi connectivity index (χ0) is 29.2. The lowest BCUT2D eigenvalue weighted by Crippen LogP contribution is -2.59. The first kappa shape index (κ1) is 31.0. The van der Waals surface area contributed by atoms with Crippen LogP contribution in [-0.4, -0.2) is 70.1 Å². The van der Waals surface area contributed by atoms with Crippen LogP contribution in [0.25, 0.3) is 0 Å². The molecule has 0 saturated carbocycles. The molecule has 0 spiro atoms. The number of nitrogens with one attached hydrogen (secondary N) is 3. The summed E-state index contributed by atoms with van der Waals surface area (Å²) in [5.74, 6) is -0.604. The summed E-state index contributed by atoms with van der Waals surface area (Å²) in [6, 6.07) is 12.7. The molecule has 2 aromatic carbocycles. The van der Waals surface area contributed by atoms with Crippen molar-refractivity contribution in [3.05, 3.63) is 75.8 Å². The number of nitrogens with zero attached hydrogens (tertiary/aromatic N) is 2. The number of carbonyl (C=O) groups is 3. The molecule has 0 unspecified atom stereocenters. The first-order valence-corrected chi connectivity index (χ1v) is 12.1. The van der Waals surface area contributed by atoms with Crippen molar-refractivity contribution < 1.29 is 34.3 Å². The predicted octanol–water partition coefficient (Wildman–Crippen LogP) is 2.44. The van der Waals surface area contributed by atoms with Crippen LogP contribution in [-0.2, 0) is 22.5 Å². The minimum Gasteiger partial charge on any atom is -0.465 e. The van der Waals surface area contributed by atoms with Gasteiger partial charge in [-0.3, -0.25) is 20.3 Å². The molecule has 0 saturated heterocycles. The Morgan fingerprint density at radius 2 is 1.64 bits per heavy atom. The number of carboxylic acid groups (broad SMARTS) is 1. The van der Waals surface area contributed by atoms with Crippen LogP contribution in [0.5, 0.6) is 0 Å². The maximum Gasteiger partial charge on any atom is 0.407 e. The molecule has 3 amide bonds. The van der Waals surface area contributed by atoms with Gasteiger partial charge in [-0.1, -0.05) is 63.2 Å². The van der Waals surface area contributed by atoms with Crippen molar-refractivity contribution in [2.45, 2.75) is 51.9 Å². The maximum absolute atomic E-state index is 13.3. The number of methoxy groups -OCH3 is 1. The number of aliphatic hydroxyl groups excluding tert-OH is 1. The highest BCUT2D eigenvalue weighted by Gasteiger charge is 2.35. The summed E-state index contributed by atoms with van der Waals surface area (Å²) < 4.78 is 4.64. The van der Waals surface area contributed by atoms with Gasteiger partial charge in [0.05, 0.1) is 24.2 Å².